The van der Waals surface area contributed by atoms with Crippen LogP contribution in [0.3, 0.4) is 0 Å². The van der Waals surface area contributed by atoms with Crippen molar-refractivity contribution in [1.82, 2.24) is 20.5 Å². The van der Waals surface area contributed by atoms with Gasteiger partial charge < -0.3 is 21.1 Å². The number of hydrogen-bond donors (Lipinski definition) is 5. The largest absolute Gasteiger partial charge is 0.393 e. The molecule has 206 valence electrons. The lowest BCUT2D eigenvalue weighted by Gasteiger charge is -2.24. The summed E-state index contributed by atoms with van der Waals surface area (Å²) < 4.78 is 14.7. The van der Waals surface area contributed by atoms with Gasteiger partial charge in [-0.2, -0.15) is 5.10 Å². The number of aliphatic hydroxyl groups excluding tert-OH is 1. The summed E-state index contributed by atoms with van der Waals surface area (Å²) in [6, 6.07) is 11.4. The van der Waals surface area contributed by atoms with Crippen molar-refractivity contribution in [2.24, 2.45) is 0 Å². The Hall–Kier alpha value is -3.93. The van der Waals surface area contributed by atoms with Gasteiger partial charge in [0.2, 0.25) is 0 Å². The molecule has 1 aromatic carbocycles. The van der Waals surface area contributed by atoms with Crippen molar-refractivity contribution in [3.05, 3.63) is 85.7 Å². The van der Waals surface area contributed by atoms with Gasteiger partial charge in [-0.05, 0) is 93.1 Å². The highest BCUT2D eigenvalue weighted by molar-refractivity contribution is 7.14. The van der Waals surface area contributed by atoms with Crippen LogP contribution in [0.2, 0.25) is 0 Å². The Balaban J connectivity index is 1.21. The fraction of sp³-hybridized carbons (Fsp3) is 0.310. The van der Waals surface area contributed by atoms with E-state index >= 15 is 0 Å². The Morgan fingerprint density at radius 2 is 2.08 bits per heavy atom. The first-order valence-corrected chi connectivity index (χ1v) is 14.1. The molecular formula is C29H29FN6O3S. The first-order valence-electron chi connectivity index (χ1n) is 13.3. The first-order chi connectivity index (χ1) is 19.3. The third kappa shape index (κ3) is 5.27. The fourth-order valence-corrected chi connectivity index (χ4v) is 6.40. The molecular weight excluding hydrogens is 531 g/mol. The van der Waals surface area contributed by atoms with Gasteiger partial charge in [0.25, 0.3) is 11.5 Å². The summed E-state index contributed by atoms with van der Waals surface area (Å²) in [5.41, 5.74) is 2.65. The summed E-state index contributed by atoms with van der Waals surface area (Å²) in [7, 11) is 0. The Morgan fingerprint density at radius 1 is 1.20 bits per heavy atom. The second-order valence-electron chi connectivity index (χ2n) is 10.5. The van der Waals surface area contributed by atoms with Crippen molar-refractivity contribution in [3.8, 4) is 11.3 Å². The van der Waals surface area contributed by atoms with Crippen LogP contribution in [0.5, 0.6) is 0 Å². The number of aromatic nitrogens is 3. The van der Waals surface area contributed by atoms with Crippen molar-refractivity contribution in [2.45, 2.75) is 50.7 Å². The number of carbonyl (C=O) groups is 1. The summed E-state index contributed by atoms with van der Waals surface area (Å²) in [5, 5.41) is 25.7. The molecule has 0 bridgehead atoms. The minimum atomic E-state index is -0.591. The minimum Gasteiger partial charge on any atom is -0.393 e. The zero-order valence-corrected chi connectivity index (χ0v) is 22.7. The normalized spacial score (nSPS) is 20.2. The van der Waals surface area contributed by atoms with E-state index in [1.54, 1.807) is 18.3 Å². The average Bonchev–Trinajstić information content (AvgIpc) is 3.58. The monoisotopic (exact) mass is 560 g/mol. The van der Waals surface area contributed by atoms with Gasteiger partial charge in [0.15, 0.2) is 0 Å². The first kappa shape index (κ1) is 26.3. The van der Waals surface area contributed by atoms with Crippen LogP contribution in [0, 0.1) is 5.82 Å². The number of hydrogen-bond acceptors (Lipinski definition) is 8. The van der Waals surface area contributed by atoms with E-state index in [2.05, 4.69) is 38.1 Å². The number of aliphatic hydroxyl groups is 1. The maximum atomic E-state index is 14.7. The molecule has 1 saturated heterocycles. The van der Waals surface area contributed by atoms with Gasteiger partial charge in [0.1, 0.15) is 17.3 Å². The van der Waals surface area contributed by atoms with Crippen LogP contribution in [-0.2, 0) is 18.4 Å². The number of benzene rings is 1. The van der Waals surface area contributed by atoms with Crippen LogP contribution in [0.25, 0.3) is 11.3 Å². The quantitative estimate of drug-likeness (QED) is 0.235. The lowest BCUT2D eigenvalue weighted by molar-refractivity contribution is 0.102. The molecule has 0 saturated carbocycles. The zero-order chi connectivity index (χ0) is 27.9. The van der Waals surface area contributed by atoms with Crippen LogP contribution in [0.4, 0.5) is 21.6 Å². The predicted octanol–water partition coefficient (Wildman–Crippen LogP) is 4.48. The molecule has 1 fully saturated rings. The molecule has 40 heavy (non-hydrogen) atoms. The van der Waals surface area contributed by atoms with E-state index in [0.717, 1.165) is 41.8 Å². The summed E-state index contributed by atoms with van der Waals surface area (Å²) in [4.78, 5) is 31.5. The van der Waals surface area contributed by atoms with Crippen LogP contribution in [0.15, 0.2) is 53.5 Å². The van der Waals surface area contributed by atoms with Gasteiger partial charge in [0, 0.05) is 22.2 Å². The second-order valence-corrected chi connectivity index (χ2v) is 11.7. The summed E-state index contributed by atoms with van der Waals surface area (Å²) in [6.45, 7) is 3.13. The van der Waals surface area contributed by atoms with E-state index in [0.29, 0.717) is 34.8 Å². The number of fused-ring (bicyclic) bond motifs is 1. The molecule has 4 aromatic rings. The standard InChI is InChI=1S/C29H29FN6O3S/c1-29(9-2-10-32-29)18-4-8-26(31-15-18)33-23-14-21(35-36-27(23)38)16-3-6-20(30)22(12-16)34-28(39)25-13-17-11-19(37)5-7-24(17)40-25/h3-4,6,8,12-15,19,32,37H,2,5,7,9-11H2,1H3,(H,34,39)(H,36,38)(H,31,33,35)/t19-,29-/m1/s1. The Labute approximate surface area is 233 Å². The van der Waals surface area contributed by atoms with Gasteiger partial charge in [-0.15, -0.1) is 11.3 Å². The van der Waals surface area contributed by atoms with Crippen molar-refractivity contribution in [3.63, 3.8) is 0 Å². The molecule has 5 N–H and O–H groups in total. The molecule has 3 aromatic heterocycles. The van der Waals surface area contributed by atoms with Crippen LogP contribution < -0.4 is 21.5 Å². The van der Waals surface area contributed by atoms with E-state index < -0.39 is 23.4 Å². The molecule has 9 nitrogen and oxygen atoms in total. The highest BCUT2D eigenvalue weighted by Crippen LogP contribution is 2.32. The lowest BCUT2D eigenvalue weighted by atomic mass is 9.92. The maximum Gasteiger partial charge on any atom is 0.287 e. The lowest BCUT2D eigenvalue weighted by Crippen LogP contribution is -2.33. The molecule has 1 amide bonds. The molecule has 11 heteroatoms. The third-order valence-corrected chi connectivity index (χ3v) is 8.86. The van der Waals surface area contributed by atoms with E-state index in [1.165, 1.54) is 29.5 Å². The number of thiophene rings is 1. The number of rotatable bonds is 6. The van der Waals surface area contributed by atoms with Crippen molar-refractivity contribution in [1.29, 1.82) is 0 Å². The molecule has 0 radical (unpaired) electrons. The summed E-state index contributed by atoms with van der Waals surface area (Å²) >= 11 is 1.37. The molecule has 4 heterocycles. The average molecular weight is 561 g/mol. The van der Waals surface area contributed by atoms with Gasteiger partial charge in [-0.1, -0.05) is 6.07 Å². The molecule has 1 aliphatic heterocycles. The number of carbonyl (C=O) groups excluding carboxylic acids is 1. The third-order valence-electron chi connectivity index (χ3n) is 7.63. The molecule has 2 aliphatic rings. The maximum absolute atomic E-state index is 14.7. The van der Waals surface area contributed by atoms with E-state index in [1.807, 2.05) is 12.1 Å². The SMILES string of the molecule is C[C@]1(c2ccc(Nc3cc(-c4ccc(F)c(NC(=O)c5cc6c(s5)CC[C@@H](O)C6)c4)n[nH]c3=O)nc2)CCCN1. The Kier molecular flexibility index (Phi) is 6.95. The van der Waals surface area contributed by atoms with E-state index in [4.69, 9.17) is 0 Å². The van der Waals surface area contributed by atoms with Crippen LogP contribution >= 0.6 is 11.3 Å². The minimum absolute atomic E-state index is 0.00249. The number of H-pyrrole nitrogens is 1. The summed E-state index contributed by atoms with van der Waals surface area (Å²) in [5.74, 6) is -0.504. The number of nitrogens with zero attached hydrogens (tertiary/aromatic N) is 2. The van der Waals surface area contributed by atoms with Gasteiger partial charge in [0.05, 0.1) is 22.4 Å². The molecule has 0 unspecified atom stereocenters. The molecule has 6 rings (SSSR count). The fourth-order valence-electron chi connectivity index (χ4n) is 5.30. The van der Waals surface area contributed by atoms with Crippen molar-refractivity contribution < 1.29 is 14.3 Å². The highest BCUT2D eigenvalue weighted by Gasteiger charge is 2.30. The number of pyridine rings is 1. The van der Waals surface area contributed by atoms with Gasteiger partial charge in [-0.25, -0.2) is 14.5 Å². The van der Waals surface area contributed by atoms with E-state index in [9.17, 15) is 19.1 Å². The molecule has 0 spiro atoms. The smallest absolute Gasteiger partial charge is 0.287 e. The zero-order valence-electron chi connectivity index (χ0n) is 21.9. The van der Waals surface area contributed by atoms with Crippen LogP contribution in [-0.4, -0.2) is 38.8 Å². The van der Waals surface area contributed by atoms with Crippen molar-refractivity contribution >= 4 is 34.4 Å². The number of anilines is 3. The highest BCUT2D eigenvalue weighted by atomic mass is 32.1. The number of amides is 1. The summed E-state index contributed by atoms with van der Waals surface area (Å²) in [6.07, 6.45) is 5.47. The molecule has 2 atom stereocenters. The van der Waals surface area contributed by atoms with E-state index in [-0.39, 0.29) is 16.9 Å². The number of aryl methyl sites for hydroxylation is 1. The van der Waals surface area contributed by atoms with Gasteiger partial charge >= 0.3 is 0 Å². The van der Waals surface area contributed by atoms with Gasteiger partial charge in [-0.3, -0.25) is 9.59 Å². The van der Waals surface area contributed by atoms with Crippen molar-refractivity contribution in [2.75, 3.05) is 17.2 Å². The van der Waals surface area contributed by atoms with Crippen LogP contribution in [0.1, 0.15) is 51.9 Å². The molecule has 1 aliphatic carbocycles. The Bertz CT molecular complexity index is 1630. The number of aromatic amines is 1. The Morgan fingerprint density at radius 3 is 2.85 bits per heavy atom. The number of halogens is 1. The second kappa shape index (κ2) is 10.6. The number of nitrogens with one attached hydrogen (secondary N) is 4. The topological polar surface area (TPSA) is 132 Å². The predicted molar refractivity (Wildman–Crippen MR) is 153 cm³/mol.